The lowest BCUT2D eigenvalue weighted by molar-refractivity contribution is -0.126. The SMILES string of the molecule is CC[C@@H]1CCCCN1CCCNC(=O)[C@H]1CCCN(S(=O)(=O)N2CCOCC2)C1. The molecule has 3 fully saturated rings. The number of piperidine rings is 2. The first-order valence-corrected chi connectivity index (χ1v) is 12.8. The summed E-state index contributed by atoms with van der Waals surface area (Å²) in [6, 6.07) is 0.691. The van der Waals surface area contributed by atoms with E-state index in [-0.39, 0.29) is 18.4 Å². The van der Waals surface area contributed by atoms with Gasteiger partial charge in [-0.1, -0.05) is 13.3 Å². The van der Waals surface area contributed by atoms with Crippen LogP contribution in [0.2, 0.25) is 0 Å². The molecule has 9 heteroatoms. The number of likely N-dealkylation sites (tertiary alicyclic amines) is 1. The lowest BCUT2D eigenvalue weighted by atomic mass is 9.98. The van der Waals surface area contributed by atoms with Crippen molar-refractivity contribution in [1.82, 2.24) is 18.8 Å². The van der Waals surface area contributed by atoms with E-state index in [4.69, 9.17) is 4.74 Å². The smallest absolute Gasteiger partial charge is 0.282 e. The molecule has 1 N–H and O–H groups in total. The topological polar surface area (TPSA) is 82.2 Å². The van der Waals surface area contributed by atoms with Crippen molar-refractivity contribution in [3.05, 3.63) is 0 Å². The maximum Gasteiger partial charge on any atom is 0.282 e. The van der Waals surface area contributed by atoms with Crippen molar-refractivity contribution in [1.29, 1.82) is 0 Å². The largest absolute Gasteiger partial charge is 0.379 e. The second kappa shape index (κ2) is 11.0. The standard InChI is InChI=1S/C20H38N4O4S/c1-2-19-8-3-4-10-22(19)11-6-9-21-20(25)18-7-5-12-24(17-18)29(26,27)23-13-15-28-16-14-23/h18-19H,2-17H2,1H3,(H,21,25)/t18-,19+/m0/s1. The van der Waals surface area contributed by atoms with Gasteiger partial charge in [-0.3, -0.25) is 4.79 Å². The minimum Gasteiger partial charge on any atom is -0.379 e. The Morgan fingerprint density at radius 2 is 1.83 bits per heavy atom. The molecular weight excluding hydrogens is 392 g/mol. The van der Waals surface area contributed by atoms with Gasteiger partial charge in [0.1, 0.15) is 0 Å². The zero-order valence-corrected chi connectivity index (χ0v) is 18.7. The van der Waals surface area contributed by atoms with Gasteiger partial charge in [0.15, 0.2) is 0 Å². The average Bonchev–Trinajstić information content (AvgIpc) is 2.77. The van der Waals surface area contributed by atoms with Crippen LogP contribution < -0.4 is 5.32 Å². The Bertz CT molecular complexity index is 624. The lowest BCUT2D eigenvalue weighted by Gasteiger charge is -2.36. The predicted octanol–water partition coefficient (Wildman–Crippen LogP) is 1.05. The van der Waals surface area contributed by atoms with Gasteiger partial charge in [0.05, 0.1) is 19.1 Å². The Labute approximate surface area is 176 Å². The highest BCUT2D eigenvalue weighted by Gasteiger charge is 2.36. The summed E-state index contributed by atoms with van der Waals surface area (Å²) in [5.74, 6) is -0.254. The van der Waals surface area contributed by atoms with Gasteiger partial charge in [0.25, 0.3) is 10.2 Å². The van der Waals surface area contributed by atoms with Crippen LogP contribution >= 0.6 is 0 Å². The number of nitrogens with zero attached hydrogens (tertiary/aromatic N) is 3. The van der Waals surface area contributed by atoms with Gasteiger partial charge in [-0.15, -0.1) is 0 Å². The van der Waals surface area contributed by atoms with E-state index in [1.54, 1.807) is 0 Å². The molecule has 3 aliphatic rings. The molecule has 2 atom stereocenters. The number of ether oxygens (including phenoxy) is 1. The molecule has 8 nitrogen and oxygen atoms in total. The van der Waals surface area contributed by atoms with Crippen LogP contribution in [0.5, 0.6) is 0 Å². The summed E-state index contributed by atoms with van der Waals surface area (Å²) < 4.78 is 34.0. The zero-order valence-electron chi connectivity index (χ0n) is 17.9. The molecule has 0 bridgehead atoms. The van der Waals surface area contributed by atoms with Crippen molar-refractivity contribution in [2.45, 2.75) is 57.9 Å². The molecule has 0 aromatic carbocycles. The summed E-state index contributed by atoms with van der Waals surface area (Å²) >= 11 is 0. The van der Waals surface area contributed by atoms with Gasteiger partial charge in [-0.25, -0.2) is 0 Å². The number of hydrogen-bond donors (Lipinski definition) is 1. The molecule has 3 saturated heterocycles. The monoisotopic (exact) mass is 430 g/mol. The quantitative estimate of drug-likeness (QED) is 0.582. The molecule has 3 rings (SSSR count). The second-order valence-corrected chi connectivity index (χ2v) is 10.4. The van der Waals surface area contributed by atoms with Crippen molar-refractivity contribution in [2.75, 3.05) is 59.0 Å². The van der Waals surface area contributed by atoms with Gasteiger partial charge in [-0.2, -0.15) is 17.0 Å². The van der Waals surface area contributed by atoms with E-state index in [9.17, 15) is 13.2 Å². The normalized spacial score (nSPS) is 28.3. The zero-order chi connectivity index (χ0) is 20.7. The number of rotatable bonds is 8. The minimum absolute atomic E-state index is 0.00226. The maximum absolute atomic E-state index is 12.9. The van der Waals surface area contributed by atoms with Crippen LogP contribution in [0, 0.1) is 5.92 Å². The van der Waals surface area contributed by atoms with Crippen molar-refractivity contribution >= 4 is 16.1 Å². The molecule has 168 valence electrons. The molecule has 3 heterocycles. The van der Waals surface area contributed by atoms with E-state index in [0.717, 1.165) is 25.8 Å². The predicted molar refractivity (Wildman–Crippen MR) is 113 cm³/mol. The van der Waals surface area contributed by atoms with Crippen molar-refractivity contribution < 1.29 is 17.9 Å². The first-order chi connectivity index (χ1) is 14.0. The van der Waals surface area contributed by atoms with Crippen LogP contribution in [0.25, 0.3) is 0 Å². The first-order valence-electron chi connectivity index (χ1n) is 11.4. The highest BCUT2D eigenvalue weighted by Crippen LogP contribution is 2.22. The van der Waals surface area contributed by atoms with Gasteiger partial charge in [-0.05, 0) is 45.1 Å². The summed E-state index contributed by atoms with van der Waals surface area (Å²) in [4.78, 5) is 15.2. The summed E-state index contributed by atoms with van der Waals surface area (Å²) in [6.07, 6.45) is 7.53. The first kappa shape index (κ1) is 22.9. The Morgan fingerprint density at radius 1 is 1.03 bits per heavy atom. The Balaban J connectivity index is 1.42. The summed E-state index contributed by atoms with van der Waals surface area (Å²) in [6.45, 7) is 7.57. The van der Waals surface area contributed by atoms with E-state index >= 15 is 0 Å². The van der Waals surface area contributed by atoms with Crippen LogP contribution in [-0.2, 0) is 19.7 Å². The summed E-state index contributed by atoms with van der Waals surface area (Å²) in [5, 5.41) is 3.06. The van der Waals surface area contributed by atoms with Crippen molar-refractivity contribution in [3.63, 3.8) is 0 Å². The fraction of sp³-hybridized carbons (Fsp3) is 0.950. The minimum atomic E-state index is -3.50. The number of hydrogen-bond acceptors (Lipinski definition) is 5. The van der Waals surface area contributed by atoms with Crippen LogP contribution in [0.4, 0.5) is 0 Å². The number of carbonyl (C=O) groups excluding carboxylic acids is 1. The molecule has 3 aliphatic heterocycles. The third-order valence-corrected chi connectivity index (χ3v) is 8.52. The maximum atomic E-state index is 12.9. The fourth-order valence-electron chi connectivity index (χ4n) is 4.76. The van der Waals surface area contributed by atoms with E-state index in [2.05, 4.69) is 17.1 Å². The van der Waals surface area contributed by atoms with E-state index < -0.39 is 10.2 Å². The van der Waals surface area contributed by atoms with Crippen molar-refractivity contribution in [3.8, 4) is 0 Å². The summed E-state index contributed by atoms with van der Waals surface area (Å²) in [5.41, 5.74) is 0. The second-order valence-electron chi connectivity index (χ2n) is 8.45. The summed E-state index contributed by atoms with van der Waals surface area (Å²) in [7, 11) is -3.50. The highest BCUT2D eigenvalue weighted by molar-refractivity contribution is 7.86. The fourth-order valence-corrected chi connectivity index (χ4v) is 6.43. The van der Waals surface area contributed by atoms with Crippen LogP contribution in [0.1, 0.15) is 51.9 Å². The molecule has 1 amide bonds. The highest BCUT2D eigenvalue weighted by atomic mass is 32.2. The van der Waals surface area contributed by atoms with E-state index in [0.29, 0.717) is 45.4 Å². The number of nitrogens with one attached hydrogen (secondary N) is 1. The molecule has 0 spiro atoms. The van der Waals surface area contributed by atoms with E-state index in [1.807, 2.05) is 0 Å². The van der Waals surface area contributed by atoms with E-state index in [1.165, 1.54) is 40.8 Å². The molecule has 0 aromatic heterocycles. The molecule has 29 heavy (non-hydrogen) atoms. The van der Waals surface area contributed by atoms with Gasteiger partial charge < -0.3 is 15.0 Å². The van der Waals surface area contributed by atoms with Gasteiger partial charge in [0.2, 0.25) is 5.91 Å². The van der Waals surface area contributed by atoms with Gasteiger partial charge in [0, 0.05) is 45.3 Å². The average molecular weight is 431 g/mol. The molecule has 0 radical (unpaired) electrons. The number of morpholine rings is 1. The Morgan fingerprint density at radius 3 is 2.59 bits per heavy atom. The molecular formula is C20H38N4O4S. The molecule has 0 aliphatic carbocycles. The molecule has 0 saturated carbocycles. The Kier molecular flexibility index (Phi) is 8.73. The number of carbonyl (C=O) groups is 1. The van der Waals surface area contributed by atoms with Crippen LogP contribution in [0.3, 0.4) is 0 Å². The van der Waals surface area contributed by atoms with Crippen LogP contribution in [0.15, 0.2) is 0 Å². The molecule has 0 aromatic rings. The third kappa shape index (κ3) is 6.13. The lowest BCUT2D eigenvalue weighted by Crippen LogP contribution is -2.53. The van der Waals surface area contributed by atoms with Crippen LogP contribution in [-0.4, -0.2) is 92.9 Å². The van der Waals surface area contributed by atoms with Crippen molar-refractivity contribution in [2.24, 2.45) is 5.92 Å². The molecule has 0 unspecified atom stereocenters. The third-order valence-electron chi connectivity index (χ3n) is 6.52. The Hall–Kier alpha value is -0.740. The number of amides is 1. The van der Waals surface area contributed by atoms with Gasteiger partial charge >= 0.3 is 0 Å².